The molecule has 28 heavy (non-hydrogen) atoms. The predicted molar refractivity (Wildman–Crippen MR) is 116 cm³/mol. The lowest BCUT2D eigenvalue weighted by Crippen LogP contribution is -1.93. The molecule has 0 spiro atoms. The lowest BCUT2D eigenvalue weighted by Gasteiger charge is -2.11. The summed E-state index contributed by atoms with van der Waals surface area (Å²) in [6.45, 7) is 0. The molecule has 132 valence electrons. The van der Waals surface area contributed by atoms with Crippen molar-refractivity contribution in [2.45, 2.75) is 0 Å². The van der Waals surface area contributed by atoms with E-state index in [1.54, 1.807) is 0 Å². The second kappa shape index (κ2) is 7.09. The molecular formula is C26H18N2. The van der Waals surface area contributed by atoms with Crippen molar-refractivity contribution in [3.05, 3.63) is 109 Å². The summed E-state index contributed by atoms with van der Waals surface area (Å²) in [7, 11) is 0. The Morgan fingerprint density at radius 1 is 0.464 bits per heavy atom. The Bertz CT molecular complexity index is 1250. The fourth-order valence-corrected chi connectivity index (χ4v) is 3.60. The molecule has 0 aliphatic carbocycles. The zero-order chi connectivity index (χ0) is 18.8. The van der Waals surface area contributed by atoms with Crippen molar-refractivity contribution in [3.8, 4) is 33.5 Å². The van der Waals surface area contributed by atoms with Gasteiger partial charge in [0.05, 0.1) is 22.9 Å². The van der Waals surface area contributed by atoms with Crippen LogP contribution >= 0.6 is 0 Å². The maximum absolute atomic E-state index is 4.96. The molecule has 1 heterocycles. The molecular weight excluding hydrogens is 340 g/mol. The Morgan fingerprint density at radius 3 is 1.75 bits per heavy atom. The van der Waals surface area contributed by atoms with Crippen molar-refractivity contribution in [2.75, 3.05) is 0 Å². The highest BCUT2D eigenvalue weighted by Gasteiger charge is 2.11. The average molecular weight is 358 g/mol. The summed E-state index contributed by atoms with van der Waals surface area (Å²) in [4.78, 5) is 9.76. The Labute approximate surface area is 164 Å². The second-order valence-corrected chi connectivity index (χ2v) is 6.71. The first-order valence-electron chi connectivity index (χ1n) is 9.36. The monoisotopic (exact) mass is 358 g/mol. The SMILES string of the molecule is c1ccc(-c2ccccc2-c2cnc3c(-c4ccccc4)cccc3n2)cc1. The third kappa shape index (κ3) is 2.95. The van der Waals surface area contributed by atoms with Crippen LogP contribution in [-0.4, -0.2) is 9.97 Å². The summed E-state index contributed by atoms with van der Waals surface area (Å²) >= 11 is 0. The van der Waals surface area contributed by atoms with Crippen LogP contribution in [0.25, 0.3) is 44.5 Å². The molecule has 0 aliphatic rings. The summed E-state index contributed by atoms with van der Waals surface area (Å²) in [5.74, 6) is 0. The van der Waals surface area contributed by atoms with E-state index in [0.717, 1.165) is 39.0 Å². The third-order valence-corrected chi connectivity index (χ3v) is 4.94. The molecule has 0 fully saturated rings. The number of nitrogens with zero attached hydrogens (tertiary/aromatic N) is 2. The minimum atomic E-state index is 0.886. The van der Waals surface area contributed by atoms with E-state index in [4.69, 9.17) is 9.97 Å². The predicted octanol–water partition coefficient (Wildman–Crippen LogP) is 6.63. The van der Waals surface area contributed by atoms with E-state index in [2.05, 4.69) is 60.7 Å². The van der Waals surface area contributed by atoms with Crippen LogP contribution in [0.2, 0.25) is 0 Å². The van der Waals surface area contributed by atoms with E-state index in [-0.39, 0.29) is 0 Å². The quantitative estimate of drug-likeness (QED) is 0.362. The van der Waals surface area contributed by atoms with Crippen LogP contribution in [-0.2, 0) is 0 Å². The summed E-state index contributed by atoms with van der Waals surface area (Å²) in [5.41, 5.74) is 8.41. The Balaban J connectivity index is 1.67. The van der Waals surface area contributed by atoms with Crippen LogP contribution in [0, 0.1) is 0 Å². The van der Waals surface area contributed by atoms with Crippen molar-refractivity contribution in [1.82, 2.24) is 9.97 Å². The molecule has 1 aromatic heterocycles. The highest BCUT2D eigenvalue weighted by Crippen LogP contribution is 2.32. The highest BCUT2D eigenvalue weighted by molar-refractivity contribution is 5.93. The minimum Gasteiger partial charge on any atom is -0.252 e. The van der Waals surface area contributed by atoms with E-state index in [9.17, 15) is 0 Å². The molecule has 0 saturated carbocycles. The van der Waals surface area contributed by atoms with Gasteiger partial charge >= 0.3 is 0 Å². The standard InChI is InChI=1S/C26H18N2/c1-3-10-19(11-4-1)21-14-7-8-15-23(21)25-18-27-26-22(16-9-17-24(26)28-25)20-12-5-2-6-13-20/h1-18H. The number of para-hydroxylation sites is 1. The van der Waals surface area contributed by atoms with Gasteiger partial charge in [0.2, 0.25) is 0 Å². The Morgan fingerprint density at radius 2 is 1.04 bits per heavy atom. The van der Waals surface area contributed by atoms with Gasteiger partial charge in [-0.3, -0.25) is 4.98 Å². The fraction of sp³-hybridized carbons (Fsp3) is 0. The van der Waals surface area contributed by atoms with Gasteiger partial charge in [-0.05, 0) is 22.8 Å². The summed E-state index contributed by atoms with van der Waals surface area (Å²) in [6, 6.07) is 35.3. The summed E-state index contributed by atoms with van der Waals surface area (Å²) in [6.07, 6.45) is 1.89. The van der Waals surface area contributed by atoms with Crippen molar-refractivity contribution in [3.63, 3.8) is 0 Å². The van der Waals surface area contributed by atoms with E-state index in [0.29, 0.717) is 0 Å². The van der Waals surface area contributed by atoms with Crippen molar-refractivity contribution >= 4 is 11.0 Å². The van der Waals surface area contributed by atoms with Gasteiger partial charge in [-0.25, -0.2) is 4.98 Å². The Hall–Kier alpha value is -3.78. The molecule has 0 radical (unpaired) electrons. The molecule has 0 atom stereocenters. The van der Waals surface area contributed by atoms with Gasteiger partial charge in [-0.15, -0.1) is 0 Å². The third-order valence-electron chi connectivity index (χ3n) is 4.94. The molecule has 0 aliphatic heterocycles. The zero-order valence-corrected chi connectivity index (χ0v) is 15.3. The number of rotatable bonds is 3. The molecule has 0 bridgehead atoms. The van der Waals surface area contributed by atoms with E-state index >= 15 is 0 Å². The van der Waals surface area contributed by atoms with Crippen LogP contribution in [0.1, 0.15) is 0 Å². The molecule has 2 nitrogen and oxygen atoms in total. The first kappa shape index (κ1) is 16.4. The first-order chi connectivity index (χ1) is 13.9. The highest BCUT2D eigenvalue weighted by atomic mass is 14.8. The maximum atomic E-state index is 4.96. The van der Waals surface area contributed by atoms with Crippen LogP contribution < -0.4 is 0 Å². The molecule has 0 unspecified atom stereocenters. The van der Waals surface area contributed by atoms with Crippen LogP contribution in [0.4, 0.5) is 0 Å². The van der Waals surface area contributed by atoms with Gasteiger partial charge in [-0.2, -0.15) is 0 Å². The second-order valence-electron chi connectivity index (χ2n) is 6.71. The van der Waals surface area contributed by atoms with Crippen molar-refractivity contribution in [2.24, 2.45) is 0 Å². The molecule has 0 N–H and O–H groups in total. The number of benzene rings is 4. The normalized spacial score (nSPS) is 10.9. The van der Waals surface area contributed by atoms with Crippen molar-refractivity contribution in [1.29, 1.82) is 0 Å². The smallest absolute Gasteiger partial charge is 0.0965 e. The topological polar surface area (TPSA) is 25.8 Å². The lowest BCUT2D eigenvalue weighted by molar-refractivity contribution is 1.29. The fourth-order valence-electron chi connectivity index (χ4n) is 3.60. The van der Waals surface area contributed by atoms with E-state index in [1.807, 2.05) is 48.7 Å². The van der Waals surface area contributed by atoms with Gasteiger partial charge in [0.1, 0.15) is 0 Å². The van der Waals surface area contributed by atoms with Crippen LogP contribution in [0.3, 0.4) is 0 Å². The summed E-state index contributed by atoms with van der Waals surface area (Å²) < 4.78 is 0. The van der Waals surface area contributed by atoms with Gasteiger partial charge in [0, 0.05) is 11.1 Å². The molecule has 0 saturated heterocycles. The maximum Gasteiger partial charge on any atom is 0.0965 e. The molecule has 4 aromatic carbocycles. The molecule has 5 aromatic rings. The van der Waals surface area contributed by atoms with Crippen molar-refractivity contribution < 1.29 is 0 Å². The largest absolute Gasteiger partial charge is 0.252 e. The van der Waals surface area contributed by atoms with E-state index < -0.39 is 0 Å². The van der Waals surface area contributed by atoms with Gasteiger partial charge in [0.15, 0.2) is 0 Å². The average Bonchev–Trinajstić information content (AvgIpc) is 2.79. The van der Waals surface area contributed by atoms with E-state index in [1.165, 1.54) is 5.56 Å². The van der Waals surface area contributed by atoms with Crippen LogP contribution in [0.15, 0.2) is 109 Å². The summed E-state index contributed by atoms with van der Waals surface area (Å²) in [5, 5.41) is 0. The van der Waals surface area contributed by atoms with Gasteiger partial charge < -0.3 is 0 Å². The zero-order valence-electron chi connectivity index (χ0n) is 15.3. The van der Waals surface area contributed by atoms with Crippen LogP contribution in [0.5, 0.6) is 0 Å². The Kier molecular flexibility index (Phi) is 4.15. The number of hydrogen-bond donors (Lipinski definition) is 0. The molecule has 5 rings (SSSR count). The number of fused-ring (bicyclic) bond motifs is 1. The van der Waals surface area contributed by atoms with Gasteiger partial charge in [0.25, 0.3) is 0 Å². The first-order valence-corrected chi connectivity index (χ1v) is 9.36. The number of hydrogen-bond acceptors (Lipinski definition) is 2. The van der Waals surface area contributed by atoms with Gasteiger partial charge in [-0.1, -0.05) is 97.1 Å². The number of aromatic nitrogens is 2. The minimum absolute atomic E-state index is 0.886. The molecule has 2 heteroatoms. The lowest BCUT2D eigenvalue weighted by atomic mass is 9.97. The molecule has 0 amide bonds.